The molecule has 3 nitrogen and oxygen atoms in total. The van der Waals surface area contributed by atoms with Crippen LogP contribution in [0, 0.1) is 17.8 Å². The van der Waals surface area contributed by atoms with Crippen molar-refractivity contribution in [2.75, 3.05) is 0 Å². The summed E-state index contributed by atoms with van der Waals surface area (Å²) in [7, 11) is 0. The predicted octanol–water partition coefficient (Wildman–Crippen LogP) is 4.67. The van der Waals surface area contributed by atoms with Crippen molar-refractivity contribution in [1.82, 2.24) is 4.57 Å². The molecule has 0 saturated carbocycles. The van der Waals surface area contributed by atoms with Crippen LogP contribution in [0.2, 0.25) is 0 Å². The van der Waals surface area contributed by atoms with Crippen LogP contribution in [0.4, 0.5) is 0 Å². The molecule has 0 spiro atoms. The summed E-state index contributed by atoms with van der Waals surface area (Å²) >= 11 is 0. The molecule has 1 aliphatic rings. The number of ether oxygens (including phenoxy) is 1. The first-order valence-electron chi connectivity index (χ1n) is 8.28. The third-order valence-corrected chi connectivity index (χ3v) is 5.58. The molecule has 3 heteroatoms. The average molecular weight is 299 g/mol. The van der Waals surface area contributed by atoms with Gasteiger partial charge in [-0.1, -0.05) is 45.9 Å². The maximum atomic E-state index is 11.4. The fourth-order valence-corrected chi connectivity index (χ4v) is 3.83. The van der Waals surface area contributed by atoms with E-state index in [1.807, 2.05) is 24.4 Å². The number of carbonyl (C=O) groups is 1. The Balaban J connectivity index is 2.08. The van der Waals surface area contributed by atoms with Gasteiger partial charge in [0.1, 0.15) is 6.23 Å². The smallest absolute Gasteiger partial charge is 0.152 e. The molecule has 0 bridgehead atoms. The van der Waals surface area contributed by atoms with Gasteiger partial charge in [0.25, 0.3) is 0 Å². The molecule has 1 aromatic carbocycles. The van der Waals surface area contributed by atoms with Crippen molar-refractivity contribution in [2.45, 2.75) is 46.4 Å². The number of hydrogen-bond donors (Lipinski definition) is 0. The highest BCUT2D eigenvalue weighted by atomic mass is 16.5. The second-order valence-electron chi connectivity index (χ2n) is 6.68. The lowest BCUT2D eigenvalue weighted by Gasteiger charge is -2.44. The first-order chi connectivity index (χ1) is 10.6. The van der Waals surface area contributed by atoms with E-state index in [0.717, 1.165) is 29.2 Å². The van der Waals surface area contributed by atoms with Crippen LogP contribution in [0.25, 0.3) is 10.9 Å². The molecule has 0 aliphatic carbocycles. The summed E-state index contributed by atoms with van der Waals surface area (Å²) in [6.07, 6.45) is 4.19. The van der Waals surface area contributed by atoms with Crippen molar-refractivity contribution >= 4 is 17.2 Å². The topological polar surface area (TPSA) is 31.2 Å². The minimum Gasteiger partial charge on any atom is -0.354 e. The van der Waals surface area contributed by atoms with Gasteiger partial charge in [-0.3, -0.25) is 4.79 Å². The zero-order valence-corrected chi connectivity index (χ0v) is 13.8. The van der Waals surface area contributed by atoms with Crippen LogP contribution in [0.5, 0.6) is 0 Å². The van der Waals surface area contributed by atoms with E-state index >= 15 is 0 Å². The molecule has 0 N–H and O–H groups in total. The molecule has 5 atom stereocenters. The maximum Gasteiger partial charge on any atom is 0.152 e. The molecular formula is C19H25NO2. The number of carbonyl (C=O) groups excluding carboxylic acids is 1. The summed E-state index contributed by atoms with van der Waals surface area (Å²) < 4.78 is 8.59. The minimum absolute atomic E-state index is 0.00486. The summed E-state index contributed by atoms with van der Waals surface area (Å²) in [4.78, 5) is 11.4. The zero-order valence-electron chi connectivity index (χ0n) is 13.8. The van der Waals surface area contributed by atoms with Gasteiger partial charge >= 0.3 is 0 Å². The molecular weight excluding hydrogens is 274 g/mol. The standard InChI is InChI=1S/C19H25NO2/c1-5-18-13(3)12(2)14(4)19(22-18)20-10-15(11-21)16-8-6-7-9-17(16)20/h6-14,18-19H,5H2,1-4H3/t12-,13-,14+,18+,19+/m0/s1. The van der Waals surface area contributed by atoms with Crippen molar-refractivity contribution in [3.63, 3.8) is 0 Å². The largest absolute Gasteiger partial charge is 0.354 e. The van der Waals surface area contributed by atoms with Gasteiger partial charge in [-0.05, 0) is 24.3 Å². The van der Waals surface area contributed by atoms with E-state index in [2.05, 4.69) is 38.3 Å². The van der Waals surface area contributed by atoms with E-state index < -0.39 is 0 Å². The monoisotopic (exact) mass is 299 g/mol. The van der Waals surface area contributed by atoms with E-state index in [9.17, 15) is 4.79 Å². The number of nitrogens with zero attached hydrogens (tertiary/aromatic N) is 1. The number of rotatable bonds is 3. The van der Waals surface area contributed by atoms with Gasteiger partial charge in [-0.15, -0.1) is 0 Å². The van der Waals surface area contributed by atoms with Crippen LogP contribution in [-0.4, -0.2) is 17.0 Å². The van der Waals surface area contributed by atoms with Crippen LogP contribution in [0.15, 0.2) is 30.5 Å². The number of fused-ring (bicyclic) bond motifs is 1. The lowest BCUT2D eigenvalue weighted by atomic mass is 9.77. The molecule has 22 heavy (non-hydrogen) atoms. The van der Waals surface area contributed by atoms with E-state index in [1.54, 1.807) is 0 Å². The Bertz CT molecular complexity index is 673. The fraction of sp³-hybridized carbons (Fsp3) is 0.526. The third-order valence-electron chi connectivity index (χ3n) is 5.58. The van der Waals surface area contributed by atoms with Crippen molar-refractivity contribution in [3.05, 3.63) is 36.0 Å². The number of aldehydes is 1. The number of benzene rings is 1. The lowest BCUT2D eigenvalue weighted by molar-refractivity contribution is -0.166. The molecule has 118 valence electrons. The Labute approximate surface area is 132 Å². The Morgan fingerprint density at radius 2 is 1.86 bits per heavy atom. The molecule has 1 saturated heterocycles. The minimum atomic E-state index is -0.00486. The Hall–Kier alpha value is -1.61. The average Bonchev–Trinajstić information content (AvgIpc) is 2.92. The van der Waals surface area contributed by atoms with Gasteiger partial charge in [0, 0.05) is 23.1 Å². The number of hydrogen-bond acceptors (Lipinski definition) is 2. The van der Waals surface area contributed by atoms with Gasteiger partial charge in [0.2, 0.25) is 0 Å². The fourth-order valence-electron chi connectivity index (χ4n) is 3.83. The third kappa shape index (κ3) is 2.28. The molecule has 0 radical (unpaired) electrons. The van der Waals surface area contributed by atoms with E-state index in [-0.39, 0.29) is 12.3 Å². The van der Waals surface area contributed by atoms with Crippen LogP contribution >= 0.6 is 0 Å². The first-order valence-corrected chi connectivity index (χ1v) is 8.28. The molecule has 3 rings (SSSR count). The van der Waals surface area contributed by atoms with Gasteiger partial charge in [-0.25, -0.2) is 0 Å². The van der Waals surface area contributed by atoms with Crippen LogP contribution in [0.1, 0.15) is 50.7 Å². The normalized spacial score (nSPS) is 32.3. The van der Waals surface area contributed by atoms with E-state index in [4.69, 9.17) is 4.74 Å². The molecule has 2 aromatic rings. The van der Waals surface area contributed by atoms with E-state index in [0.29, 0.717) is 17.8 Å². The second-order valence-corrected chi connectivity index (χ2v) is 6.68. The van der Waals surface area contributed by atoms with Gasteiger partial charge < -0.3 is 9.30 Å². The molecule has 0 amide bonds. The molecule has 1 aromatic heterocycles. The first kappa shape index (κ1) is 15.3. The van der Waals surface area contributed by atoms with Crippen LogP contribution in [-0.2, 0) is 4.74 Å². The highest BCUT2D eigenvalue weighted by Crippen LogP contribution is 2.42. The van der Waals surface area contributed by atoms with Crippen molar-refractivity contribution in [3.8, 4) is 0 Å². The Kier molecular flexibility index (Phi) is 4.09. The summed E-state index contributed by atoms with van der Waals surface area (Å²) in [5.74, 6) is 1.56. The SMILES string of the molecule is CC[C@H]1O[C@@H](n2cc(C=O)c3ccccc32)[C@H](C)[C@@H](C)[C@@H]1C. The highest BCUT2D eigenvalue weighted by Gasteiger charge is 2.39. The van der Waals surface area contributed by atoms with Gasteiger partial charge in [-0.2, -0.15) is 0 Å². The van der Waals surface area contributed by atoms with Crippen LogP contribution in [0.3, 0.4) is 0 Å². The predicted molar refractivity (Wildman–Crippen MR) is 89.0 cm³/mol. The Morgan fingerprint density at radius 3 is 2.55 bits per heavy atom. The number of aromatic nitrogens is 1. The summed E-state index contributed by atoms with van der Waals surface area (Å²) in [5.41, 5.74) is 1.82. The summed E-state index contributed by atoms with van der Waals surface area (Å²) in [6, 6.07) is 8.07. The molecule has 0 unspecified atom stereocenters. The van der Waals surface area contributed by atoms with Crippen LogP contribution < -0.4 is 0 Å². The molecule has 2 heterocycles. The van der Waals surface area contributed by atoms with Gasteiger partial charge in [0.15, 0.2) is 6.29 Å². The highest BCUT2D eigenvalue weighted by molar-refractivity contribution is 5.97. The quantitative estimate of drug-likeness (QED) is 0.771. The number of para-hydroxylation sites is 1. The van der Waals surface area contributed by atoms with Crippen molar-refractivity contribution in [2.24, 2.45) is 17.8 Å². The van der Waals surface area contributed by atoms with Crippen molar-refractivity contribution < 1.29 is 9.53 Å². The zero-order chi connectivity index (χ0) is 15.9. The maximum absolute atomic E-state index is 11.4. The molecule has 1 fully saturated rings. The summed E-state index contributed by atoms with van der Waals surface area (Å²) in [6.45, 7) is 9.05. The van der Waals surface area contributed by atoms with Crippen molar-refractivity contribution in [1.29, 1.82) is 0 Å². The lowest BCUT2D eigenvalue weighted by Crippen LogP contribution is -2.42. The summed E-state index contributed by atoms with van der Waals surface area (Å²) in [5, 5.41) is 1.01. The van der Waals surface area contributed by atoms with E-state index in [1.165, 1.54) is 0 Å². The second kappa shape index (κ2) is 5.88. The molecule has 1 aliphatic heterocycles. The van der Waals surface area contributed by atoms with Gasteiger partial charge in [0.05, 0.1) is 11.6 Å². The Morgan fingerprint density at radius 1 is 1.14 bits per heavy atom.